The van der Waals surface area contributed by atoms with Crippen LogP contribution in [0.15, 0.2) is 29.2 Å². The Morgan fingerprint density at radius 1 is 1.08 bits per heavy atom. The smallest absolute Gasteiger partial charge is 0.225 e. The Morgan fingerprint density at radius 3 is 2.25 bits per heavy atom. The molecule has 1 aromatic carbocycles. The van der Waals surface area contributed by atoms with E-state index in [4.69, 9.17) is 0 Å². The van der Waals surface area contributed by atoms with Gasteiger partial charge >= 0.3 is 0 Å². The molecule has 1 aromatic rings. The van der Waals surface area contributed by atoms with Gasteiger partial charge in [0.15, 0.2) is 0 Å². The first-order valence-corrected chi connectivity index (χ1v) is 9.97. The lowest BCUT2D eigenvalue weighted by molar-refractivity contribution is -0.140. The van der Waals surface area contributed by atoms with Crippen LogP contribution >= 0.6 is 11.8 Å². The van der Waals surface area contributed by atoms with Gasteiger partial charge in [-0.25, -0.2) is 0 Å². The third-order valence-electron chi connectivity index (χ3n) is 5.04. The van der Waals surface area contributed by atoms with Gasteiger partial charge in [0.1, 0.15) is 0 Å². The maximum atomic E-state index is 12.7. The second-order valence-corrected chi connectivity index (χ2v) is 7.80. The molecule has 1 saturated carbocycles. The Labute approximate surface area is 148 Å². The predicted octanol–water partition coefficient (Wildman–Crippen LogP) is 3.02. The second kappa shape index (κ2) is 7.60. The highest BCUT2D eigenvalue weighted by Gasteiger charge is 2.36. The second-order valence-electron chi connectivity index (χ2n) is 6.92. The Kier molecular flexibility index (Phi) is 5.49. The molecule has 2 fully saturated rings. The summed E-state index contributed by atoms with van der Waals surface area (Å²) in [5, 5.41) is 0. The van der Waals surface area contributed by atoms with Gasteiger partial charge in [-0.3, -0.25) is 9.59 Å². The number of rotatable bonds is 5. The number of carbonyl (C=O) groups is 2. The van der Waals surface area contributed by atoms with Crippen LogP contribution in [0.4, 0.5) is 0 Å². The molecule has 1 aliphatic heterocycles. The van der Waals surface area contributed by atoms with E-state index in [1.807, 2.05) is 16.8 Å². The Balaban J connectivity index is 1.49. The van der Waals surface area contributed by atoms with Gasteiger partial charge in [0.05, 0.1) is 0 Å². The van der Waals surface area contributed by atoms with Crippen LogP contribution < -0.4 is 0 Å². The molecule has 1 heterocycles. The van der Waals surface area contributed by atoms with Gasteiger partial charge in [0, 0.05) is 43.4 Å². The van der Waals surface area contributed by atoms with Crippen LogP contribution in [-0.4, -0.2) is 48.0 Å². The topological polar surface area (TPSA) is 40.6 Å². The highest BCUT2D eigenvalue weighted by molar-refractivity contribution is 7.98. The fraction of sp³-hybridized carbons (Fsp3) is 0.579. The monoisotopic (exact) mass is 346 g/mol. The Morgan fingerprint density at radius 2 is 1.71 bits per heavy atom. The summed E-state index contributed by atoms with van der Waals surface area (Å²) < 4.78 is 0. The fourth-order valence-corrected chi connectivity index (χ4v) is 3.74. The van der Waals surface area contributed by atoms with Crippen LogP contribution in [0.2, 0.25) is 0 Å². The summed E-state index contributed by atoms with van der Waals surface area (Å²) in [5.41, 5.74) is 1.16. The van der Waals surface area contributed by atoms with Gasteiger partial charge in [-0.1, -0.05) is 12.1 Å². The van der Waals surface area contributed by atoms with Crippen LogP contribution in [0.5, 0.6) is 0 Å². The van der Waals surface area contributed by atoms with Crippen molar-refractivity contribution in [3.63, 3.8) is 0 Å². The minimum atomic E-state index is 0.0590. The summed E-state index contributed by atoms with van der Waals surface area (Å²) in [4.78, 5) is 29.8. The van der Waals surface area contributed by atoms with Crippen LogP contribution in [0.3, 0.4) is 0 Å². The zero-order valence-electron chi connectivity index (χ0n) is 14.5. The van der Waals surface area contributed by atoms with E-state index in [0.29, 0.717) is 12.5 Å². The first-order chi connectivity index (χ1) is 11.6. The molecule has 0 bridgehead atoms. The summed E-state index contributed by atoms with van der Waals surface area (Å²) in [5.74, 6) is 0.860. The Hall–Kier alpha value is -1.49. The molecule has 1 saturated heterocycles. The van der Waals surface area contributed by atoms with Crippen molar-refractivity contribution in [3.05, 3.63) is 29.8 Å². The van der Waals surface area contributed by atoms with E-state index in [9.17, 15) is 9.59 Å². The van der Waals surface area contributed by atoms with Gasteiger partial charge in [-0.05, 0) is 49.6 Å². The molecule has 24 heavy (non-hydrogen) atoms. The number of nitrogens with zero attached hydrogens (tertiary/aromatic N) is 2. The lowest BCUT2D eigenvalue weighted by Gasteiger charge is -2.33. The summed E-state index contributed by atoms with van der Waals surface area (Å²) in [6, 6.07) is 8.37. The number of hydrogen-bond acceptors (Lipinski definition) is 3. The largest absolute Gasteiger partial charge is 0.342 e. The molecular weight excluding hydrogens is 320 g/mol. The van der Waals surface area contributed by atoms with Crippen molar-refractivity contribution < 1.29 is 9.59 Å². The molecule has 2 aliphatic rings. The molecule has 5 heteroatoms. The van der Waals surface area contributed by atoms with Crippen LogP contribution in [0.25, 0.3) is 0 Å². The number of carbonyl (C=O) groups excluding carboxylic acids is 2. The molecule has 0 unspecified atom stereocenters. The first kappa shape index (κ1) is 17.3. The quantitative estimate of drug-likeness (QED) is 0.770. The fourth-order valence-electron chi connectivity index (χ4n) is 3.33. The highest BCUT2D eigenvalue weighted by Crippen LogP contribution is 2.32. The van der Waals surface area contributed by atoms with E-state index in [2.05, 4.69) is 30.5 Å². The van der Waals surface area contributed by atoms with Gasteiger partial charge in [-0.2, -0.15) is 0 Å². The van der Waals surface area contributed by atoms with Crippen LogP contribution in [0, 0.1) is 11.8 Å². The number of thioether (sulfide) groups is 1. The summed E-state index contributed by atoms with van der Waals surface area (Å²) in [6.45, 7) is 2.12. The Bertz CT molecular complexity index is 590. The van der Waals surface area contributed by atoms with Crippen molar-refractivity contribution in [2.75, 3.05) is 26.4 Å². The number of hydrogen-bond donors (Lipinski definition) is 0. The zero-order chi connectivity index (χ0) is 17.1. The van der Waals surface area contributed by atoms with Crippen molar-refractivity contribution >= 4 is 23.6 Å². The summed E-state index contributed by atoms with van der Waals surface area (Å²) in [7, 11) is 1.88. The van der Waals surface area contributed by atoms with Crippen LogP contribution in [0.1, 0.15) is 31.2 Å². The minimum absolute atomic E-state index is 0.0590. The van der Waals surface area contributed by atoms with E-state index in [1.165, 1.54) is 4.90 Å². The van der Waals surface area contributed by atoms with Gasteiger partial charge in [-0.15, -0.1) is 11.8 Å². The maximum absolute atomic E-state index is 12.7. The molecule has 3 rings (SSSR count). The van der Waals surface area contributed by atoms with Crippen molar-refractivity contribution in [1.82, 2.24) is 9.80 Å². The predicted molar refractivity (Wildman–Crippen MR) is 96.7 cm³/mol. The molecule has 4 nitrogen and oxygen atoms in total. The minimum Gasteiger partial charge on any atom is -0.342 e. The lowest BCUT2D eigenvalue weighted by Crippen LogP contribution is -2.43. The molecule has 0 N–H and O–H groups in total. The molecule has 0 atom stereocenters. The molecule has 130 valence electrons. The van der Waals surface area contributed by atoms with E-state index >= 15 is 0 Å². The highest BCUT2D eigenvalue weighted by atomic mass is 32.2. The average molecular weight is 346 g/mol. The zero-order valence-corrected chi connectivity index (χ0v) is 15.3. The third-order valence-corrected chi connectivity index (χ3v) is 5.78. The van der Waals surface area contributed by atoms with Crippen LogP contribution in [-0.2, 0) is 16.1 Å². The third kappa shape index (κ3) is 4.12. The van der Waals surface area contributed by atoms with E-state index in [1.54, 1.807) is 11.8 Å². The average Bonchev–Trinajstić information content (AvgIpc) is 3.46. The molecule has 0 aromatic heterocycles. The molecule has 0 radical (unpaired) electrons. The first-order valence-electron chi connectivity index (χ1n) is 8.75. The van der Waals surface area contributed by atoms with Gasteiger partial charge < -0.3 is 9.80 Å². The summed E-state index contributed by atoms with van der Waals surface area (Å²) >= 11 is 1.72. The SMILES string of the molecule is CSc1ccc(CN(C)C(=O)C2CCN(C(=O)C3CC3)CC2)cc1. The number of likely N-dealkylation sites (tertiary alicyclic amines) is 1. The molecular formula is C19H26N2O2S. The number of piperidine rings is 1. The van der Waals surface area contributed by atoms with Gasteiger partial charge in [0.2, 0.25) is 11.8 Å². The molecule has 2 amide bonds. The number of benzene rings is 1. The van der Waals surface area contributed by atoms with Gasteiger partial charge in [0.25, 0.3) is 0 Å². The number of amides is 2. The van der Waals surface area contributed by atoms with E-state index in [-0.39, 0.29) is 17.7 Å². The molecule has 0 spiro atoms. The van der Waals surface area contributed by atoms with Crippen molar-refractivity contribution in [2.45, 2.75) is 37.1 Å². The summed E-state index contributed by atoms with van der Waals surface area (Å²) in [6.07, 6.45) is 5.76. The molecule has 1 aliphatic carbocycles. The van der Waals surface area contributed by atoms with Crippen molar-refractivity contribution in [1.29, 1.82) is 0 Å². The lowest BCUT2D eigenvalue weighted by atomic mass is 9.95. The maximum Gasteiger partial charge on any atom is 0.225 e. The standard InChI is InChI=1S/C19H26N2O2S/c1-20(13-14-3-7-17(24-2)8-4-14)18(22)16-9-11-21(12-10-16)19(23)15-5-6-15/h3-4,7-8,15-16H,5-6,9-13H2,1-2H3. The van der Waals surface area contributed by atoms with Crippen molar-refractivity contribution in [3.8, 4) is 0 Å². The van der Waals surface area contributed by atoms with E-state index < -0.39 is 0 Å². The van der Waals surface area contributed by atoms with Crippen molar-refractivity contribution in [2.24, 2.45) is 11.8 Å². The normalized spacial score (nSPS) is 18.5. The van der Waals surface area contributed by atoms with E-state index in [0.717, 1.165) is 44.3 Å².